The Labute approximate surface area is 295 Å². The topological polar surface area (TPSA) is 49.9 Å². The van der Waals surface area contributed by atoms with Gasteiger partial charge in [0.1, 0.15) is 22.8 Å². The van der Waals surface area contributed by atoms with Crippen molar-refractivity contribution in [2.24, 2.45) is 9.98 Å². The Morgan fingerprint density at radius 2 is 1.08 bits per heavy atom. The highest BCUT2D eigenvalue weighted by Gasteiger charge is 2.25. The van der Waals surface area contributed by atoms with E-state index in [4.69, 9.17) is 14.4 Å². The van der Waals surface area contributed by atoms with Gasteiger partial charge in [-0.1, -0.05) is 164 Å². The molecule has 1 aliphatic heterocycles. The second-order valence-corrected chi connectivity index (χ2v) is 13.0. The van der Waals surface area contributed by atoms with E-state index in [2.05, 4.69) is 157 Å². The molecule has 2 heterocycles. The Balaban J connectivity index is 1.16. The smallest absolute Gasteiger partial charge is 0.170 e. The van der Waals surface area contributed by atoms with Crippen molar-refractivity contribution in [3.63, 3.8) is 0 Å². The molecular weight excluding hydrogens is 623 g/mol. The summed E-state index contributed by atoms with van der Waals surface area (Å²) in [4.78, 5) is 10.6. The number of nitrogens with one attached hydrogen (secondary N) is 1. The molecule has 0 amide bonds. The van der Waals surface area contributed by atoms with Gasteiger partial charge in [0.05, 0.1) is 0 Å². The highest BCUT2D eigenvalue weighted by atomic mass is 16.3. The van der Waals surface area contributed by atoms with Crippen LogP contribution in [0.25, 0.3) is 65.7 Å². The summed E-state index contributed by atoms with van der Waals surface area (Å²) in [5.74, 6) is 1.56. The minimum Gasteiger partial charge on any atom is -0.455 e. The Bertz CT molecular complexity index is 2830. The summed E-state index contributed by atoms with van der Waals surface area (Å²) < 4.78 is 6.70. The van der Waals surface area contributed by atoms with E-state index in [-0.39, 0.29) is 0 Å². The van der Waals surface area contributed by atoms with Gasteiger partial charge in [-0.2, -0.15) is 0 Å². The average molecular weight is 654 g/mol. The van der Waals surface area contributed by atoms with E-state index in [1.807, 2.05) is 24.3 Å². The van der Waals surface area contributed by atoms with Crippen LogP contribution in [0.3, 0.4) is 0 Å². The van der Waals surface area contributed by atoms with Crippen LogP contribution in [0.1, 0.15) is 22.9 Å². The van der Waals surface area contributed by atoms with E-state index < -0.39 is 6.17 Å². The van der Waals surface area contributed by atoms with Crippen LogP contribution >= 0.6 is 0 Å². The van der Waals surface area contributed by atoms with Gasteiger partial charge in [-0.3, -0.25) is 0 Å². The second-order valence-electron chi connectivity index (χ2n) is 13.0. The Morgan fingerprint density at radius 1 is 0.431 bits per heavy atom. The summed E-state index contributed by atoms with van der Waals surface area (Å²) in [7, 11) is 0. The number of rotatable bonds is 5. The van der Waals surface area contributed by atoms with Gasteiger partial charge in [-0.05, 0) is 50.4 Å². The molecule has 0 saturated heterocycles. The third kappa shape index (κ3) is 5.00. The molecule has 9 aromatic rings. The van der Waals surface area contributed by atoms with E-state index in [9.17, 15) is 0 Å². The van der Waals surface area contributed by atoms with Crippen molar-refractivity contribution in [1.82, 2.24) is 5.32 Å². The molecule has 4 nitrogen and oxygen atoms in total. The predicted octanol–water partition coefficient (Wildman–Crippen LogP) is 11.7. The minimum absolute atomic E-state index is 0.502. The quantitative estimate of drug-likeness (QED) is 0.201. The first kappa shape index (κ1) is 29.2. The average Bonchev–Trinajstić information content (AvgIpc) is 3.60. The zero-order chi connectivity index (χ0) is 33.7. The molecule has 51 heavy (non-hydrogen) atoms. The lowest BCUT2D eigenvalue weighted by molar-refractivity contribution is 0.668. The second kappa shape index (κ2) is 12.0. The first-order valence-corrected chi connectivity index (χ1v) is 17.3. The summed E-state index contributed by atoms with van der Waals surface area (Å²) in [5.41, 5.74) is 9.28. The zero-order valence-electron chi connectivity index (χ0n) is 27.6. The van der Waals surface area contributed by atoms with E-state index in [1.165, 1.54) is 27.3 Å². The maximum absolute atomic E-state index is 6.70. The summed E-state index contributed by atoms with van der Waals surface area (Å²) in [6.45, 7) is 0. The van der Waals surface area contributed by atoms with Crippen LogP contribution in [0.5, 0.6) is 0 Å². The van der Waals surface area contributed by atoms with Crippen molar-refractivity contribution >= 4 is 55.2 Å². The third-order valence-electron chi connectivity index (χ3n) is 9.94. The molecular formula is C47H31N3O. The van der Waals surface area contributed by atoms with Crippen LogP contribution in [0.4, 0.5) is 0 Å². The van der Waals surface area contributed by atoms with Gasteiger partial charge >= 0.3 is 0 Å². The number of benzene rings is 8. The predicted molar refractivity (Wildman–Crippen MR) is 211 cm³/mol. The number of hydrogen-bond acceptors (Lipinski definition) is 4. The number of fused-ring (bicyclic) bond motifs is 5. The number of hydrogen-bond donors (Lipinski definition) is 1. The molecule has 1 N–H and O–H groups in total. The van der Waals surface area contributed by atoms with Crippen molar-refractivity contribution in [3.05, 3.63) is 193 Å². The Kier molecular flexibility index (Phi) is 6.85. The molecule has 1 unspecified atom stereocenters. The van der Waals surface area contributed by atoms with Gasteiger partial charge in [0.25, 0.3) is 0 Å². The highest BCUT2D eigenvalue weighted by Crippen LogP contribution is 2.41. The first-order chi connectivity index (χ1) is 25.3. The monoisotopic (exact) mass is 653 g/mol. The Morgan fingerprint density at radius 3 is 1.90 bits per heavy atom. The summed E-state index contributed by atoms with van der Waals surface area (Å²) >= 11 is 0. The SMILES string of the molecule is c1ccc(C2=NC(c3cccc4oc5c(-c6ccc7ccccc7c6)cccc5c34)N=C(c3ccc(-c4ccccc4)c4ccccc34)N2)cc1. The molecule has 1 aliphatic rings. The van der Waals surface area contributed by atoms with Crippen LogP contribution in [0.2, 0.25) is 0 Å². The molecule has 1 atom stereocenters. The maximum Gasteiger partial charge on any atom is 0.170 e. The van der Waals surface area contributed by atoms with Crippen molar-refractivity contribution in [3.8, 4) is 22.3 Å². The standard InChI is InChI=1S/C47H31N3O/c1-3-14-31(15-4-1)35-27-28-39(38-20-10-9-19-37(35)38)46-48-45(32-16-5-2-6-17-32)49-47(50-46)41-23-12-24-42-43(41)40-22-11-21-36(44(40)51-42)34-26-25-30-13-7-8-18-33(30)29-34/h1-29,47H,(H,48,49,50). The van der Waals surface area contributed by atoms with Gasteiger partial charge in [-0.25, -0.2) is 9.98 Å². The number of amidine groups is 2. The molecule has 0 aliphatic carbocycles. The van der Waals surface area contributed by atoms with E-state index in [0.717, 1.165) is 66.8 Å². The van der Waals surface area contributed by atoms with Crippen LogP contribution in [0, 0.1) is 0 Å². The molecule has 0 fully saturated rings. The highest BCUT2D eigenvalue weighted by molar-refractivity contribution is 6.21. The van der Waals surface area contributed by atoms with Crippen LogP contribution in [0.15, 0.2) is 190 Å². The van der Waals surface area contributed by atoms with Crippen molar-refractivity contribution < 1.29 is 4.42 Å². The van der Waals surface area contributed by atoms with Gasteiger partial charge in [0.2, 0.25) is 0 Å². The number of furan rings is 1. The maximum atomic E-state index is 6.70. The van der Waals surface area contributed by atoms with Gasteiger partial charge < -0.3 is 9.73 Å². The molecule has 0 saturated carbocycles. The van der Waals surface area contributed by atoms with E-state index in [1.54, 1.807) is 0 Å². The molecule has 8 aromatic carbocycles. The van der Waals surface area contributed by atoms with Crippen molar-refractivity contribution in [2.45, 2.75) is 6.17 Å². The van der Waals surface area contributed by atoms with E-state index >= 15 is 0 Å². The summed E-state index contributed by atoms with van der Waals surface area (Å²) in [6.07, 6.45) is -0.502. The van der Waals surface area contributed by atoms with Gasteiger partial charge in [-0.15, -0.1) is 0 Å². The molecule has 4 heteroatoms. The van der Waals surface area contributed by atoms with Gasteiger partial charge in [0.15, 0.2) is 6.17 Å². The van der Waals surface area contributed by atoms with Crippen LogP contribution in [-0.4, -0.2) is 11.7 Å². The molecule has 10 rings (SSSR count). The Hall–Kier alpha value is -6.78. The lowest BCUT2D eigenvalue weighted by atomic mass is 9.94. The fraction of sp³-hybridized carbons (Fsp3) is 0.0213. The lowest BCUT2D eigenvalue weighted by Crippen LogP contribution is -2.36. The largest absolute Gasteiger partial charge is 0.455 e. The number of nitrogens with zero attached hydrogens (tertiary/aromatic N) is 2. The third-order valence-corrected chi connectivity index (χ3v) is 9.94. The molecule has 1 aromatic heterocycles. The van der Waals surface area contributed by atoms with Crippen molar-refractivity contribution in [1.29, 1.82) is 0 Å². The fourth-order valence-electron chi connectivity index (χ4n) is 7.52. The first-order valence-electron chi connectivity index (χ1n) is 17.3. The fourth-order valence-corrected chi connectivity index (χ4v) is 7.52. The molecule has 240 valence electrons. The normalized spacial score (nSPS) is 14.5. The van der Waals surface area contributed by atoms with E-state index in [0.29, 0.717) is 0 Å². The molecule has 0 spiro atoms. The zero-order valence-corrected chi connectivity index (χ0v) is 27.6. The summed E-state index contributed by atoms with van der Waals surface area (Å²) in [5, 5.41) is 10.4. The lowest BCUT2D eigenvalue weighted by Gasteiger charge is -2.24. The number of para-hydroxylation sites is 1. The molecule has 0 bridgehead atoms. The van der Waals surface area contributed by atoms with Crippen LogP contribution < -0.4 is 5.32 Å². The van der Waals surface area contributed by atoms with Crippen LogP contribution in [-0.2, 0) is 0 Å². The number of aliphatic imine (C=N–C) groups is 2. The molecule has 0 radical (unpaired) electrons. The summed E-state index contributed by atoms with van der Waals surface area (Å²) in [6, 6.07) is 61.5. The minimum atomic E-state index is -0.502. The van der Waals surface area contributed by atoms with Crippen molar-refractivity contribution in [2.75, 3.05) is 0 Å². The van der Waals surface area contributed by atoms with Gasteiger partial charge in [0, 0.05) is 33.0 Å².